The molecule has 0 radical (unpaired) electrons. The number of rotatable bonds is 6. The third-order valence-electron chi connectivity index (χ3n) is 3.69. The number of ether oxygens (including phenoxy) is 1. The second-order valence-corrected chi connectivity index (χ2v) is 8.56. The molecule has 0 saturated carbocycles. The molecule has 1 atom stereocenters. The molecule has 1 aliphatic carbocycles. The number of allylic oxidation sites excluding steroid dienone is 2. The van der Waals surface area contributed by atoms with Crippen LogP contribution < -0.4 is 10.5 Å². The van der Waals surface area contributed by atoms with Gasteiger partial charge < -0.3 is 15.2 Å². The monoisotopic (exact) mass is 341 g/mol. The van der Waals surface area contributed by atoms with Gasteiger partial charge in [-0.2, -0.15) is 0 Å². The number of hydrogen-bond donors (Lipinski definition) is 2. The molecule has 122 valence electrons. The molecule has 0 aromatic rings. The second kappa shape index (κ2) is 7.78. The van der Waals surface area contributed by atoms with Crippen LogP contribution in [0.25, 0.3) is 0 Å². The third kappa shape index (κ3) is 4.10. The average Bonchev–Trinajstić information content (AvgIpc) is 2.90. The van der Waals surface area contributed by atoms with E-state index >= 15 is 0 Å². The van der Waals surface area contributed by atoms with E-state index in [1.807, 2.05) is 5.41 Å². The zero-order valence-corrected chi connectivity index (χ0v) is 14.5. The van der Waals surface area contributed by atoms with Crippen LogP contribution >= 0.6 is 22.4 Å². The van der Waals surface area contributed by atoms with Crippen LogP contribution in [0.1, 0.15) is 39.0 Å². The summed E-state index contributed by atoms with van der Waals surface area (Å²) in [6, 6.07) is 0. The van der Waals surface area contributed by atoms with Crippen molar-refractivity contribution in [2.45, 2.75) is 39.0 Å². The first kappa shape index (κ1) is 17.0. The van der Waals surface area contributed by atoms with Crippen LogP contribution in [0.2, 0.25) is 0 Å². The van der Waals surface area contributed by atoms with Gasteiger partial charge in [-0.1, -0.05) is 21.9 Å². The molecule has 1 unspecified atom stereocenters. The minimum atomic E-state index is -1.78. The number of thiocarbonyl (C=S) groups is 1. The lowest BCUT2D eigenvalue weighted by molar-refractivity contribution is -0.134. The Bertz CT molecular complexity index is 543. The Morgan fingerprint density at radius 1 is 1.55 bits per heavy atom. The van der Waals surface area contributed by atoms with Crippen molar-refractivity contribution >= 4 is 38.6 Å². The molecule has 5 nitrogen and oxygen atoms in total. The Hall–Kier alpha value is -1.34. The van der Waals surface area contributed by atoms with Crippen LogP contribution in [0.3, 0.4) is 0 Å². The minimum Gasteiger partial charge on any atom is -0.461 e. The van der Waals surface area contributed by atoms with E-state index in [1.165, 1.54) is 18.4 Å². The Kier molecular flexibility index (Phi) is 6.02. The molecule has 0 aromatic heterocycles. The topological polar surface area (TPSA) is 76.7 Å². The summed E-state index contributed by atoms with van der Waals surface area (Å²) in [7, 11) is -1.78. The molecule has 0 bridgehead atoms. The van der Waals surface area contributed by atoms with Crippen molar-refractivity contribution in [2.24, 2.45) is 10.7 Å². The van der Waals surface area contributed by atoms with Crippen LogP contribution in [0.4, 0.5) is 0 Å². The van der Waals surface area contributed by atoms with Crippen molar-refractivity contribution in [3.63, 3.8) is 0 Å². The van der Waals surface area contributed by atoms with E-state index in [1.54, 1.807) is 13.1 Å². The molecular formula is C15H23N3O2S2. The van der Waals surface area contributed by atoms with Crippen LogP contribution in [-0.4, -0.2) is 28.5 Å². The van der Waals surface area contributed by atoms with Gasteiger partial charge in [0.25, 0.3) is 0 Å². The van der Waals surface area contributed by atoms with Gasteiger partial charge in [-0.25, -0.2) is 9.79 Å². The summed E-state index contributed by atoms with van der Waals surface area (Å²) in [5.41, 5.74) is 7.14. The largest absolute Gasteiger partial charge is 0.461 e. The molecule has 1 heterocycles. The van der Waals surface area contributed by atoms with Crippen LogP contribution in [-0.2, 0) is 9.53 Å². The maximum atomic E-state index is 12.2. The van der Waals surface area contributed by atoms with Gasteiger partial charge in [0.2, 0.25) is 0 Å². The fourth-order valence-corrected chi connectivity index (χ4v) is 5.64. The molecule has 0 saturated heterocycles. The second-order valence-electron chi connectivity index (χ2n) is 5.26. The summed E-state index contributed by atoms with van der Waals surface area (Å²) in [6.07, 6.45) is 9.69. The zero-order valence-electron chi connectivity index (χ0n) is 12.8. The minimum absolute atomic E-state index is 0.191. The maximum Gasteiger partial charge on any atom is 0.363 e. The highest BCUT2D eigenvalue weighted by molar-refractivity contribution is 8.47. The molecule has 7 heteroatoms. The number of nitrogens with zero attached hydrogens (tertiary/aromatic N) is 1. The van der Waals surface area contributed by atoms with E-state index in [4.69, 9.17) is 22.7 Å². The summed E-state index contributed by atoms with van der Waals surface area (Å²) in [5, 5.41) is 2.54. The standard InChI is InChI=1S/C15H23N3O2S2/c1-2-20-14(19)13-17-9-11-22(13,18-15(16)21)10-8-12-6-4-3-5-7-12/h6,9,11H,2-5,7-8,10H2,1H3,(H3,16,18,21). The molecule has 3 N–H and O–H groups in total. The van der Waals surface area contributed by atoms with Crippen molar-refractivity contribution in [1.82, 2.24) is 4.72 Å². The average molecular weight is 342 g/mol. The molecule has 0 aromatic carbocycles. The molecule has 2 rings (SSSR count). The smallest absolute Gasteiger partial charge is 0.363 e. The SMILES string of the molecule is CCOC(=O)C1=NC=CS1(CCC1=CCCCC1)NC(N)=S. The number of esters is 1. The number of carbonyl (C=O) groups is 1. The van der Waals surface area contributed by atoms with Crippen LogP contribution in [0.15, 0.2) is 28.2 Å². The summed E-state index contributed by atoms with van der Waals surface area (Å²) in [5.74, 6) is 0.383. The Balaban J connectivity index is 2.14. The molecule has 0 fully saturated rings. The zero-order chi connectivity index (χ0) is 16.0. The summed E-state index contributed by atoms with van der Waals surface area (Å²) >= 11 is 5.01. The number of nitrogens with two attached hydrogens (primary N) is 1. The van der Waals surface area contributed by atoms with E-state index in [2.05, 4.69) is 15.8 Å². The lowest BCUT2D eigenvalue weighted by atomic mass is 9.98. The van der Waals surface area contributed by atoms with Gasteiger partial charge in [0, 0.05) is 12.0 Å². The molecule has 22 heavy (non-hydrogen) atoms. The molecule has 0 spiro atoms. The van der Waals surface area contributed by atoms with E-state index in [9.17, 15) is 4.79 Å². The maximum absolute atomic E-state index is 12.2. The van der Waals surface area contributed by atoms with E-state index in [0.29, 0.717) is 11.7 Å². The quantitative estimate of drug-likeness (QED) is 0.441. The molecule has 1 aliphatic heterocycles. The van der Waals surface area contributed by atoms with Crippen molar-refractivity contribution < 1.29 is 9.53 Å². The highest BCUT2D eigenvalue weighted by Gasteiger charge is 2.36. The first-order chi connectivity index (χ1) is 10.6. The van der Waals surface area contributed by atoms with Gasteiger partial charge in [-0.15, -0.1) is 0 Å². The number of carbonyl (C=O) groups excluding carboxylic acids is 1. The van der Waals surface area contributed by atoms with Gasteiger partial charge >= 0.3 is 5.97 Å². The number of nitrogens with one attached hydrogen (secondary N) is 1. The van der Waals surface area contributed by atoms with Gasteiger partial charge in [0.05, 0.1) is 6.61 Å². The van der Waals surface area contributed by atoms with Gasteiger partial charge in [-0.3, -0.25) is 0 Å². The van der Waals surface area contributed by atoms with E-state index < -0.39 is 10.2 Å². The highest BCUT2D eigenvalue weighted by Crippen LogP contribution is 2.51. The number of hydrogen-bond acceptors (Lipinski definition) is 4. The van der Waals surface area contributed by atoms with Crippen LogP contribution in [0, 0.1) is 0 Å². The van der Waals surface area contributed by atoms with Crippen molar-refractivity contribution in [3.05, 3.63) is 23.3 Å². The number of aliphatic imine (C=N–C) groups is 1. The molecule has 0 amide bonds. The Labute approximate surface area is 138 Å². The summed E-state index contributed by atoms with van der Waals surface area (Å²) < 4.78 is 8.26. The fraction of sp³-hybridized carbons (Fsp3) is 0.533. The lowest BCUT2D eigenvalue weighted by Gasteiger charge is -2.35. The third-order valence-corrected chi connectivity index (χ3v) is 6.90. The van der Waals surface area contributed by atoms with Crippen molar-refractivity contribution in [2.75, 3.05) is 12.4 Å². The van der Waals surface area contributed by atoms with Gasteiger partial charge in [0.15, 0.2) is 10.2 Å². The first-order valence-corrected chi connectivity index (χ1v) is 9.82. The molecular weight excluding hydrogens is 318 g/mol. The van der Waals surface area contributed by atoms with Crippen molar-refractivity contribution in [1.29, 1.82) is 0 Å². The lowest BCUT2D eigenvalue weighted by Crippen LogP contribution is -2.38. The summed E-state index contributed by atoms with van der Waals surface area (Å²) in [4.78, 5) is 16.4. The van der Waals surface area contributed by atoms with Crippen molar-refractivity contribution in [3.8, 4) is 0 Å². The van der Waals surface area contributed by atoms with E-state index in [0.717, 1.165) is 25.0 Å². The van der Waals surface area contributed by atoms with Gasteiger partial charge in [-0.05, 0) is 56.7 Å². The van der Waals surface area contributed by atoms with Crippen LogP contribution in [0.5, 0.6) is 0 Å². The fourth-order valence-electron chi connectivity index (χ4n) is 2.66. The van der Waals surface area contributed by atoms with Gasteiger partial charge in [0.1, 0.15) is 0 Å². The van der Waals surface area contributed by atoms with E-state index in [-0.39, 0.29) is 11.1 Å². The first-order valence-electron chi connectivity index (χ1n) is 7.55. The Morgan fingerprint density at radius 2 is 2.36 bits per heavy atom. The predicted octanol–water partition coefficient (Wildman–Crippen LogP) is 2.88. The predicted molar refractivity (Wildman–Crippen MR) is 96.8 cm³/mol. The Morgan fingerprint density at radius 3 is 3.00 bits per heavy atom. The normalized spacial score (nSPS) is 26.6. The highest BCUT2D eigenvalue weighted by atomic mass is 32.3. The molecule has 2 aliphatic rings. The summed E-state index contributed by atoms with van der Waals surface area (Å²) in [6.45, 7) is 2.11.